The number of carbonyl (C=O) groups excluding carboxylic acids is 1. The number of pyridine rings is 1. The van der Waals surface area contributed by atoms with Crippen LogP contribution in [0.1, 0.15) is 24.1 Å². The Morgan fingerprint density at radius 2 is 2.32 bits per heavy atom. The summed E-state index contributed by atoms with van der Waals surface area (Å²) >= 11 is 0. The van der Waals surface area contributed by atoms with Crippen LogP contribution in [0.15, 0.2) is 16.9 Å². The number of hydrogen-bond donors (Lipinski definition) is 1. The van der Waals surface area contributed by atoms with Gasteiger partial charge in [-0.15, -0.1) is 0 Å². The van der Waals surface area contributed by atoms with Gasteiger partial charge < -0.3 is 14.6 Å². The van der Waals surface area contributed by atoms with Gasteiger partial charge in [0.15, 0.2) is 0 Å². The second-order valence-electron chi connectivity index (χ2n) is 5.25. The van der Waals surface area contributed by atoms with Crippen LogP contribution in [-0.2, 0) is 22.5 Å². The predicted octanol–water partition coefficient (Wildman–Crippen LogP) is 0.686. The van der Waals surface area contributed by atoms with Gasteiger partial charge in [-0.1, -0.05) is 6.07 Å². The highest BCUT2D eigenvalue weighted by Gasteiger charge is 2.28. The van der Waals surface area contributed by atoms with Gasteiger partial charge in [0.05, 0.1) is 12.5 Å². The van der Waals surface area contributed by atoms with Gasteiger partial charge in [0, 0.05) is 37.9 Å². The normalized spacial score (nSPS) is 22.9. The molecule has 3 rings (SSSR count). The first kappa shape index (κ1) is 12.4. The van der Waals surface area contributed by atoms with Crippen LogP contribution in [-0.4, -0.2) is 35.5 Å². The number of ether oxygens (including phenoxy) is 1. The third-order valence-electron chi connectivity index (χ3n) is 3.91. The van der Waals surface area contributed by atoms with Gasteiger partial charge in [0.1, 0.15) is 0 Å². The van der Waals surface area contributed by atoms with Gasteiger partial charge in [-0.3, -0.25) is 9.59 Å². The van der Waals surface area contributed by atoms with E-state index in [4.69, 9.17) is 4.74 Å². The van der Waals surface area contributed by atoms with Crippen LogP contribution in [0.25, 0.3) is 0 Å². The number of aromatic nitrogens is 1. The molecule has 1 saturated heterocycles. The minimum absolute atomic E-state index is 0.0121. The molecule has 102 valence electrons. The quantitative estimate of drug-likeness (QED) is 0.810. The largest absolute Gasteiger partial charge is 0.381 e. The minimum Gasteiger partial charge on any atom is -0.381 e. The molecule has 1 aromatic rings. The molecular weight excluding hydrogens is 244 g/mol. The molecule has 0 spiro atoms. The van der Waals surface area contributed by atoms with E-state index in [1.165, 1.54) is 6.07 Å². The predicted molar refractivity (Wildman–Crippen MR) is 69.7 cm³/mol. The first-order valence-electron chi connectivity index (χ1n) is 6.81. The number of nitrogens with zero attached hydrogens (tertiary/aromatic N) is 1. The second-order valence-corrected chi connectivity index (χ2v) is 5.25. The lowest BCUT2D eigenvalue weighted by Crippen LogP contribution is -2.42. The van der Waals surface area contributed by atoms with E-state index in [0.29, 0.717) is 19.7 Å². The molecule has 19 heavy (non-hydrogen) atoms. The summed E-state index contributed by atoms with van der Waals surface area (Å²) in [6.45, 7) is 2.60. The summed E-state index contributed by atoms with van der Waals surface area (Å²) in [7, 11) is 0. The van der Waals surface area contributed by atoms with Crippen molar-refractivity contribution in [2.75, 3.05) is 19.8 Å². The highest BCUT2D eigenvalue weighted by molar-refractivity contribution is 5.79. The Bertz CT molecular complexity index is 532. The van der Waals surface area contributed by atoms with Crippen LogP contribution >= 0.6 is 0 Å². The van der Waals surface area contributed by atoms with Gasteiger partial charge in [-0.05, 0) is 18.4 Å². The Hall–Kier alpha value is -1.62. The van der Waals surface area contributed by atoms with Gasteiger partial charge in [-0.2, -0.15) is 0 Å². The molecule has 0 saturated carbocycles. The zero-order valence-electron chi connectivity index (χ0n) is 10.9. The van der Waals surface area contributed by atoms with Crippen LogP contribution in [0.3, 0.4) is 0 Å². The highest BCUT2D eigenvalue weighted by Crippen LogP contribution is 2.21. The number of fused-ring (bicyclic) bond motifs is 1. The van der Waals surface area contributed by atoms with E-state index in [9.17, 15) is 9.59 Å². The summed E-state index contributed by atoms with van der Waals surface area (Å²) in [6, 6.07) is 3.35. The summed E-state index contributed by atoms with van der Waals surface area (Å²) in [5, 5.41) is 0. The molecule has 1 amide bonds. The van der Waals surface area contributed by atoms with Crippen molar-refractivity contribution in [2.45, 2.75) is 25.8 Å². The molecule has 2 aliphatic rings. The van der Waals surface area contributed by atoms with Gasteiger partial charge in [-0.25, -0.2) is 0 Å². The summed E-state index contributed by atoms with van der Waals surface area (Å²) in [6.07, 6.45) is 2.62. The minimum atomic E-state index is -0.0702. The molecule has 1 N–H and O–H groups in total. The Morgan fingerprint density at radius 3 is 3.11 bits per heavy atom. The first-order chi connectivity index (χ1) is 9.24. The third-order valence-corrected chi connectivity index (χ3v) is 3.91. The molecule has 3 heterocycles. The maximum atomic E-state index is 12.4. The Balaban J connectivity index is 1.72. The SMILES string of the molecule is O=C(C1CCCOC1)N1CCc2[nH]c(=O)ccc2C1. The van der Waals surface area contributed by atoms with Crippen molar-refractivity contribution in [3.05, 3.63) is 33.7 Å². The van der Waals surface area contributed by atoms with E-state index < -0.39 is 0 Å². The molecule has 2 aliphatic heterocycles. The number of carbonyl (C=O) groups is 1. The Morgan fingerprint density at radius 1 is 1.42 bits per heavy atom. The lowest BCUT2D eigenvalue weighted by molar-refractivity contribution is -0.140. The van der Waals surface area contributed by atoms with Crippen molar-refractivity contribution < 1.29 is 9.53 Å². The fourth-order valence-electron chi connectivity index (χ4n) is 2.83. The number of hydrogen-bond acceptors (Lipinski definition) is 3. The van der Waals surface area contributed by atoms with Gasteiger partial charge >= 0.3 is 0 Å². The monoisotopic (exact) mass is 262 g/mol. The fraction of sp³-hybridized carbons (Fsp3) is 0.571. The zero-order valence-corrected chi connectivity index (χ0v) is 10.9. The van der Waals surface area contributed by atoms with E-state index in [-0.39, 0.29) is 17.4 Å². The van der Waals surface area contributed by atoms with Crippen LogP contribution in [0.5, 0.6) is 0 Å². The third kappa shape index (κ3) is 2.56. The van der Waals surface area contributed by atoms with Crippen LogP contribution in [0.2, 0.25) is 0 Å². The van der Waals surface area contributed by atoms with E-state index in [1.807, 2.05) is 11.0 Å². The topological polar surface area (TPSA) is 62.4 Å². The number of nitrogens with one attached hydrogen (secondary N) is 1. The Kier molecular flexibility index (Phi) is 3.38. The molecule has 0 aromatic carbocycles. The molecule has 1 atom stereocenters. The van der Waals surface area contributed by atoms with Crippen LogP contribution in [0, 0.1) is 5.92 Å². The molecule has 1 fully saturated rings. The van der Waals surface area contributed by atoms with Gasteiger partial charge in [0.2, 0.25) is 11.5 Å². The van der Waals surface area contributed by atoms with E-state index in [2.05, 4.69) is 4.98 Å². The first-order valence-corrected chi connectivity index (χ1v) is 6.81. The smallest absolute Gasteiger partial charge is 0.248 e. The van der Waals surface area contributed by atoms with Gasteiger partial charge in [0.25, 0.3) is 0 Å². The molecule has 1 unspecified atom stereocenters. The number of amides is 1. The number of H-pyrrole nitrogens is 1. The highest BCUT2D eigenvalue weighted by atomic mass is 16.5. The van der Waals surface area contributed by atoms with Crippen molar-refractivity contribution in [2.24, 2.45) is 5.92 Å². The molecular formula is C14H18N2O3. The van der Waals surface area contributed by atoms with Crippen molar-refractivity contribution in [1.82, 2.24) is 9.88 Å². The lowest BCUT2D eigenvalue weighted by Gasteiger charge is -2.32. The maximum Gasteiger partial charge on any atom is 0.248 e. The van der Waals surface area contributed by atoms with Crippen molar-refractivity contribution in [3.63, 3.8) is 0 Å². The standard InChI is InChI=1S/C14H18N2O3/c17-13-4-3-10-8-16(6-5-12(10)15-13)14(18)11-2-1-7-19-9-11/h3-4,11H,1-2,5-9H2,(H,15,17). The average molecular weight is 262 g/mol. The van der Waals surface area contributed by atoms with E-state index >= 15 is 0 Å². The lowest BCUT2D eigenvalue weighted by atomic mass is 9.98. The number of aromatic amines is 1. The van der Waals surface area contributed by atoms with Crippen molar-refractivity contribution >= 4 is 5.91 Å². The average Bonchev–Trinajstić information content (AvgIpc) is 2.47. The molecule has 5 nitrogen and oxygen atoms in total. The molecule has 5 heteroatoms. The van der Waals surface area contributed by atoms with Crippen molar-refractivity contribution in [1.29, 1.82) is 0 Å². The fourth-order valence-corrected chi connectivity index (χ4v) is 2.83. The summed E-state index contributed by atoms with van der Waals surface area (Å²) < 4.78 is 5.38. The summed E-state index contributed by atoms with van der Waals surface area (Å²) in [5.74, 6) is 0.203. The molecule has 0 radical (unpaired) electrons. The second kappa shape index (κ2) is 5.17. The Labute approximate surface area is 111 Å². The summed E-state index contributed by atoms with van der Waals surface area (Å²) in [4.78, 5) is 28.4. The maximum absolute atomic E-state index is 12.4. The molecule has 1 aromatic heterocycles. The van der Waals surface area contributed by atoms with E-state index in [1.54, 1.807) is 0 Å². The summed E-state index contributed by atoms with van der Waals surface area (Å²) in [5.41, 5.74) is 1.95. The van der Waals surface area contributed by atoms with E-state index in [0.717, 1.165) is 37.1 Å². The van der Waals surface area contributed by atoms with Crippen LogP contribution in [0.4, 0.5) is 0 Å². The molecule has 0 aliphatic carbocycles. The molecule has 0 bridgehead atoms. The zero-order chi connectivity index (χ0) is 13.2. The van der Waals surface area contributed by atoms with Crippen LogP contribution < -0.4 is 5.56 Å². The van der Waals surface area contributed by atoms with Crippen molar-refractivity contribution in [3.8, 4) is 0 Å². The number of rotatable bonds is 1.